The lowest BCUT2D eigenvalue weighted by Gasteiger charge is -2.13. The maximum absolute atomic E-state index is 11.6. The van der Waals surface area contributed by atoms with Gasteiger partial charge in [0.15, 0.2) is 0 Å². The molecule has 0 bridgehead atoms. The lowest BCUT2D eigenvalue weighted by Crippen LogP contribution is -2.29. The molecule has 1 heterocycles. The number of nitrogens with zero attached hydrogens (tertiary/aromatic N) is 2. The molecule has 1 aliphatic carbocycles. The maximum Gasteiger partial charge on any atom is 0.246 e. The molecule has 6 nitrogen and oxygen atoms in total. The third kappa shape index (κ3) is 5.48. The maximum atomic E-state index is 11.6. The number of ether oxygens (including phenoxy) is 1. The molecule has 1 aromatic carbocycles. The highest BCUT2D eigenvalue weighted by molar-refractivity contribution is 7.15. The Morgan fingerprint density at radius 2 is 2.32 bits per heavy atom. The zero-order valence-corrected chi connectivity index (χ0v) is 18.4. The van der Waals surface area contributed by atoms with E-state index >= 15 is 0 Å². The molecule has 3 rings (SSSR count). The second kappa shape index (κ2) is 10.2. The van der Waals surface area contributed by atoms with Crippen molar-refractivity contribution in [3.8, 4) is 16.5 Å². The number of carbonyl (C=O) groups is 1. The molecule has 2 aromatic rings. The van der Waals surface area contributed by atoms with E-state index in [-0.39, 0.29) is 23.6 Å². The predicted octanol–water partition coefficient (Wildman–Crippen LogP) is 4.31. The summed E-state index contributed by atoms with van der Waals surface area (Å²) >= 11 is 1.57. The molecule has 0 aliphatic heterocycles. The first-order valence-electron chi connectivity index (χ1n) is 10.1. The van der Waals surface area contributed by atoms with Gasteiger partial charge in [0.25, 0.3) is 0 Å². The Labute approximate surface area is 186 Å². The minimum Gasteiger partial charge on any atom is -0.490 e. The number of rotatable bonds is 8. The van der Waals surface area contributed by atoms with Crippen LogP contribution in [0.5, 0.6) is 0 Å². The highest BCUT2D eigenvalue weighted by atomic mass is 32.1. The number of benzene rings is 1. The third-order valence-electron chi connectivity index (χ3n) is 4.82. The summed E-state index contributed by atoms with van der Waals surface area (Å²) < 4.78 is 5.64. The number of fused-ring (bicyclic) bond motifs is 1. The fourth-order valence-corrected chi connectivity index (χ4v) is 4.39. The highest BCUT2D eigenvalue weighted by Crippen LogP contribution is 2.39. The number of hydrogen-bond donors (Lipinski definition) is 2. The Kier molecular flexibility index (Phi) is 7.40. The molecule has 31 heavy (non-hydrogen) atoms. The standard InChI is InChI=1S/C24H25N3O3S/c1-15(2)30-21(16(3)12-25)8-5-9-24-26-13-22(31-24)19-7-4-6-18-17(19)10-11-20(18)27-23(29)14-28/h4-9,13,15,20,28H,3,10-11,14H2,1-2H3,(H,27,29)/b9-5+,21-8+. The molecule has 0 spiro atoms. The molecule has 1 amide bonds. The molecule has 0 saturated heterocycles. The summed E-state index contributed by atoms with van der Waals surface area (Å²) in [5.74, 6) is 0.0868. The van der Waals surface area contributed by atoms with E-state index in [2.05, 4.69) is 22.9 Å². The van der Waals surface area contributed by atoms with Crippen molar-refractivity contribution in [3.05, 3.63) is 70.6 Å². The van der Waals surface area contributed by atoms with Crippen LogP contribution in [-0.2, 0) is 16.0 Å². The highest BCUT2D eigenvalue weighted by Gasteiger charge is 2.26. The van der Waals surface area contributed by atoms with Gasteiger partial charge in [-0.3, -0.25) is 4.79 Å². The number of nitrogens with one attached hydrogen (secondary N) is 1. The Hall–Kier alpha value is -3.21. The molecule has 2 N–H and O–H groups in total. The zero-order valence-electron chi connectivity index (χ0n) is 17.6. The molecule has 7 heteroatoms. The van der Waals surface area contributed by atoms with Crippen molar-refractivity contribution in [1.29, 1.82) is 5.26 Å². The van der Waals surface area contributed by atoms with Crippen LogP contribution < -0.4 is 5.32 Å². The minimum absolute atomic E-state index is 0.0534. The second-order valence-corrected chi connectivity index (χ2v) is 8.46. The number of aliphatic hydroxyl groups excluding tert-OH is 1. The summed E-state index contributed by atoms with van der Waals surface area (Å²) in [7, 11) is 0. The average molecular weight is 436 g/mol. The van der Waals surface area contributed by atoms with Crippen molar-refractivity contribution >= 4 is 23.3 Å². The molecule has 0 saturated carbocycles. The summed E-state index contributed by atoms with van der Waals surface area (Å²) in [4.78, 5) is 17.1. The predicted molar refractivity (Wildman–Crippen MR) is 122 cm³/mol. The van der Waals surface area contributed by atoms with Crippen LogP contribution in [0.15, 0.2) is 54.5 Å². The number of hydrogen-bond acceptors (Lipinski definition) is 6. The number of aromatic nitrogens is 1. The average Bonchev–Trinajstić information content (AvgIpc) is 3.39. The van der Waals surface area contributed by atoms with Gasteiger partial charge in [0, 0.05) is 6.20 Å². The van der Waals surface area contributed by atoms with Gasteiger partial charge in [0.05, 0.1) is 22.6 Å². The topological polar surface area (TPSA) is 95.2 Å². The first-order chi connectivity index (χ1) is 14.9. The van der Waals surface area contributed by atoms with Crippen LogP contribution in [0.25, 0.3) is 16.5 Å². The van der Waals surface area contributed by atoms with E-state index in [1.807, 2.05) is 44.3 Å². The van der Waals surface area contributed by atoms with E-state index in [0.717, 1.165) is 33.9 Å². The monoisotopic (exact) mass is 435 g/mol. The number of thiazole rings is 1. The van der Waals surface area contributed by atoms with Crippen molar-refractivity contribution in [2.24, 2.45) is 0 Å². The van der Waals surface area contributed by atoms with Crippen LogP contribution in [0.3, 0.4) is 0 Å². The lowest BCUT2D eigenvalue weighted by atomic mass is 10.0. The van der Waals surface area contributed by atoms with Crippen molar-refractivity contribution in [2.45, 2.75) is 38.8 Å². The van der Waals surface area contributed by atoms with Crippen molar-refractivity contribution in [2.75, 3.05) is 6.61 Å². The van der Waals surface area contributed by atoms with Crippen LogP contribution in [0.1, 0.15) is 42.4 Å². The molecule has 1 aromatic heterocycles. The smallest absolute Gasteiger partial charge is 0.246 e. The van der Waals surface area contributed by atoms with Gasteiger partial charge in [-0.05, 0) is 55.5 Å². The first kappa shape index (κ1) is 22.5. The molecular formula is C24H25N3O3S. The SMILES string of the molecule is C=C(C#N)/C(=C\C=C\c1ncc(-c2cccc3c2CCC3NC(=O)CO)s1)OC(C)C. The molecule has 1 unspecified atom stereocenters. The van der Waals surface area contributed by atoms with Gasteiger partial charge in [-0.15, -0.1) is 11.3 Å². The summed E-state index contributed by atoms with van der Waals surface area (Å²) in [5.41, 5.74) is 3.70. The van der Waals surface area contributed by atoms with Crippen LogP contribution in [0, 0.1) is 11.3 Å². The number of carbonyl (C=O) groups excluding carboxylic acids is 1. The van der Waals surface area contributed by atoms with E-state index in [9.17, 15) is 4.79 Å². The van der Waals surface area contributed by atoms with Crippen molar-refractivity contribution in [1.82, 2.24) is 10.3 Å². The van der Waals surface area contributed by atoms with Crippen LogP contribution in [0.2, 0.25) is 0 Å². The Morgan fingerprint density at radius 3 is 3.03 bits per heavy atom. The summed E-state index contributed by atoms with van der Waals surface area (Å²) in [6.45, 7) is 7.01. The normalized spacial score (nSPS) is 15.7. The Balaban J connectivity index is 1.80. The van der Waals surface area contributed by atoms with Crippen LogP contribution in [-0.4, -0.2) is 28.7 Å². The fourth-order valence-electron chi connectivity index (χ4n) is 3.50. The zero-order chi connectivity index (χ0) is 22.4. The van der Waals surface area contributed by atoms with Gasteiger partial charge < -0.3 is 15.2 Å². The van der Waals surface area contributed by atoms with Gasteiger partial charge in [0.2, 0.25) is 5.91 Å². The molecule has 0 radical (unpaired) electrons. The fraction of sp³-hybridized carbons (Fsp3) is 0.292. The second-order valence-electron chi connectivity index (χ2n) is 7.40. The van der Waals surface area contributed by atoms with Gasteiger partial charge in [0.1, 0.15) is 23.4 Å². The first-order valence-corrected chi connectivity index (χ1v) is 10.9. The van der Waals surface area contributed by atoms with Crippen LogP contribution >= 0.6 is 11.3 Å². The van der Waals surface area contributed by atoms with E-state index in [4.69, 9.17) is 15.1 Å². The molecule has 0 fully saturated rings. The van der Waals surface area contributed by atoms with Crippen molar-refractivity contribution < 1.29 is 14.6 Å². The summed E-state index contributed by atoms with van der Waals surface area (Å²) in [5, 5.41) is 21.8. The molecule has 1 atom stereocenters. The Bertz CT molecular complexity index is 1080. The number of aliphatic hydroxyl groups is 1. The largest absolute Gasteiger partial charge is 0.490 e. The van der Waals surface area contributed by atoms with Gasteiger partial charge >= 0.3 is 0 Å². The third-order valence-corrected chi connectivity index (χ3v) is 5.82. The Morgan fingerprint density at radius 1 is 1.52 bits per heavy atom. The number of nitriles is 1. The van der Waals surface area contributed by atoms with Gasteiger partial charge in [-0.1, -0.05) is 30.9 Å². The van der Waals surface area contributed by atoms with Gasteiger partial charge in [-0.2, -0.15) is 5.26 Å². The van der Waals surface area contributed by atoms with Crippen molar-refractivity contribution in [3.63, 3.8) is 0 Å². The van der Waals surface area contributed by atoms with Gasteiger partial charge in [-0.25, -0.2) is 4.98 Å². The molecule has 1 aliphatic rings. The number of amides is 1. The summed E-state index contributed by atoms with van der Waals surface area (Å²) in [6, 6.07) is 8.03. The number of allylic oxidation sites excluding steroid dienone is 3. The quantitative estimate of drug-likeness (QED) is 0.366. The minimum atomic E-state index is -0.504. The lowest BCUT2D eigenvalue weighted by molar-refractivity contribution is -0.124. The molecular weight excluding hydrogens is 410 g/mol. The van der Waals surface area contributed by atoms with E-state index in [0.29, 0.717) is 5.76 Å². The van der Waals surface area contributed by atoms with Crippen LogP contribution in [0.4, 0.5) is 0 Å². The van der Waals surface area contributed by atoms with E-state index in [1.54, 1.807) is 23.5 Å². The van der Waals surface area contributed by atoms with E-state index < -0.39 is 6.61 Å². The van der Waals surface area contributed by atoms with E-state index in [1.165, 1.54) is 5.56 Å². The summed E-state index contributed by atoms with van der Waals surface area (Å²) in [6.07, 6.45) is 8.87. The molecule has 160 valence electrons.